The summed E-state index contributed by atoms with van der Waals surface area (Å²) >= 11 is 0. The Balaban J connectivity index is 1.75. The average molecular weight is 417 g/mol. The number of aromatic amines is 1. The van der Waals surface area contributed by atoms with E-state index in [2.05, 4.69) is 20.9 Å². The van der Waals surface area contributed by atoms with Crippen LogP contribution in [0.5, 0.6) is 5.75 Å². The van der Waals surface area contributed by atoms with E-state index < -0.39 is 22.8 Å². The number of hydrogen-bond donors (Lipinski definition) is 4. The molecular weight excluding hydrogens is 394 g/mol. The third-order valence-electron chi connectivity index (χ3n) is 5.54. The molecule has 0 aliphatic rings. The molecule has 0 amide bonds. The average Bonchev–Trinajstić information content (AvgIpc) is 3.07. The first-order chi connectivity index (χ1) is 14.9. The SMILES string of the molecule is CCc1c(-c2ccc3c(c2)cc(CNc2ccccc2)n3C)[nH]c(=O)c(C(=O)O)c1O. The zero-order chi connectivity index (χ0) is 22.1. The van der Waals surface area contributed by atoms with Crippen molar-refractivity contribution in [1.29, 1.82) is 0 Å². The van der Waals surface area contributed by atoms with Crippen LogP contribution in [-0.4, -0.2) is 25.7 Å². The summed E-state index contributed by atoms with van der Waals surface area (Å²) in [6, 6.07) is 17.8. The summed E-state index contributed by atoms with van der Waals surface area (Å²) in [4.78, 5) is 26.3. The van der Waals surface area contributed by atoms with E-state index in [-0.39, 0.29) is 0 Å². The van der Waals surface area contributed by atoms with Crippen LogP contribution in [0.4, 0.5) is 5.69 Å². The smallest absolute Gasteiger partial charge is 0.345 e. The van der Waals surface area contributed by atoms with Crippen molar-refractivity contribution in [2.24, 2.45) is 7.05 Å². The molecule has 7 nitrogen and oxygen atoms in total. The highest BCUT2D eigenvalue weighted by atomic mass is 16.4. The van der Waals surface area contributed by atoms with Gasteiger partial charge in [-0.25, -0.2) is 4.79 Å². The minimum Gasteiger partial charge on any atom is -0.506 e. The second-order valence-electron chi connectivity index (χ2n) is 7.38. The van der Waals surface area contributed by atoms with Gasteiger partial charge in [-0.1, -0.05) is 31.2 Å². The van der Waals surface area contributed by atoms with Gasteiger partial charge >= 0.3 is 5.97 Å². The molecule has 0 atom stereocenters. The van der Waals surface area contributed by atoms with Crippen LogP contribution in [0.25, 0.3) is 22.2 Å². The number of aromatic carboxylic acids is 1. The predicted octanol–water partition coefficient (Wildman–Crippen LogP) is 4.11. The molecule has 2 aromatic heterocycles. The number of carbonyl (C=O) groups is 1. The minimum absolute atomic E-state index is 0.372. The summed E-state index contributed by atoms with van der Waals surface area (Å²) in [7, 11) is 2.00. The van der Waals surface area contributed by atoms with E-state index in [1.807, 2.05) is 55.6 Å². The summed E-state index contributed by atoms with van der Waals surface area (Å²) < 4.78 is 2.10. The molecule has 2 aromatic carbocycles. The van der Waals surface area contributed by atoms with Crippen LogP contribution in [0, 0.1) is 0 Å². The molecule has 0 bridgehead atoms. The number of pyridine rings is 1. The summed E-state index contributed by atoms with van der Waals surface area (Å²) in [5.74, 6) is -1.93. The van der Waals surface area contributed by atoms with E-state index in [0.717, 1.165) is 22.3 Å². The molecule has 0 radical (unpaired) electrons. The van der Waals surface area contributed by atoms with Gasteiger partial charge in [-0.15, -0.1) is 0 Å². The number of nitrogens with one attached hydrogen (secondary N) is 2. The fourth-order valence-electron chi connectivity index (χ4n) is 3.90. The van der Waals surface area contributed by atoms with Crippen molar-refractivity contribution in [1.82, 2.24) is 9.55 Å². The molecule has 0 aliphatic carbocycles. The Morgan fingerprint density at radius 1 is 1.13 bits per heavy atom. The van der Waals surface area contributed by atoms with Crippen LogP contribution in [-0.2, 0) is 20.0 Å². The monoisotopic (exact) mass is 417 g/mol. The van der Waals surface area contributed by atoms with Gasteiger partial charge in [0.05, 0.1) is 12.2 Å². The minimum atomic E-state index is -1.45. The normalized spacial score (nSPS) is 11.0. The first kappa shape index (κ1) is 20.3. The van der Waals surface area contributed by atoms with E-state index in [1.165, 1.54) is 0 Å². The molecule has 4 N–H and O–H groups in total. The van der Waals surface area contributed by atoms with Crippen molar-refractivity contribution < 1.29 is 15.0 Å². The molecule has 0 spiro atoms. The summed E-state index contributed by atoms with van der Waals surface area (Å²) in [5, 5.41) is 24.0. The van der Waals surface area contributed by atoms with Gasteiger partial charge in [0.1, 0.15) is 5.75 Å². The van der Waals surface area contributed by atoms with Gasteiger partial charge in [-0.2, -0.15) is 0 Å². The first-order valence-electron chi connectivity index (χ1n) is 9.99. The lowest BCUT2D eigenvalue weighted by Crippen LogP contribution is -2.20. The topological polar surface area (TPSA) is 107 Å². The number of H-pyrrole nitrogens is 1. The maximum absolute atomic E-state index is 12.3. The standard InChI is InChI=1S/C24H23N3O4/c1-3-18-21(26-23(29)20(22(18)28)24(30)31)14-9-10-19-15(11-14)12-17(27(19)2)13-25-16-7-5-4-6-8-16/h4-12,25H,3,13H2,1-2H3,(H,30,31)(H2,26,28,29). The summed E-state index contributed by atoms with van der Waals surface area (Å²) in [6.45, 7) is 2.45. The number of anilines is 1. The fraction of sp³-hybridized carbons (Fsp3) is 0.167. The largest absolute Gasteiger partial charge is 0.506 e. The number of aromatic hydroxyl groups is 1. The molecule has 0 saturated carbocycles. The molecule has 2 heterocycles. The number of rotatable bonds is 6. The van der Waals surface area contributed by atoms with E-state index in [0.29, 0.717) is 29.8 Å². The zero-order valence-corrected chi connectivity index (χ0v) is 17.3. The lowest BCUT2D eigenvalue weighted by molar-refractivity contribution is 0.0691. The van der Waals surface area contributed by atoms with Crippen LogP contribution < -0.4 is 10.9 Å². The second-order valence-corrected chi connectivity index (χ2v) is 7.38. The van der Waals surface area contributed by atoms with E-state index >= 15 is 0 Å². The number of para-hydroxylation sites is 1. The van der Waals surface area contributed by atoms with Crippen molar-refractivity contribution in [3.05, 3.63) is 81.8 Å². The Morgan fingerprint density at radius 2 is 1.87 bits per heavy atom. The number of fused-ring (bicyclic) bond motifs is 1. The van der Waals surface area contributed by atoms with Crippen molar-refractivity contribution >= 4 is 22.6 Å². The number of carboxylic acids is 1. The summed E-state index contributed by atoms with van der Waals surface area (Å²) in [5.41, 5.74) is 3.25. The molecule has 0 saturated heterocycles. The second kappa shape index (κ2) is 8.02. The highest BCUT2D eigenvalue weighted by molar-refractivity contribution is 5.92. The number of aromatic nitrogens is 2. The van der Waals surface area contributed by atoms with Gasteiger partial charge in [-0.3, -0.25) is 4.79 Å². The molecule has 0 aliphatic heterocycles. The lowest BCUT2D eigenvalue weighted by atomic mass is 9.99. The quantitative estimate of drug-likeness (QED) is 0.378. The molecule has 7 heteroatoms. The van der Waals surface area contributed by atoms with Gasteiger partial charge < -0.3 is 25.1 Å². The van der Waals surface area contributed by atoms with E-state index in [9.17, 15) is 19.8 Å². The van der Waals surface area contributed by atoms with Crippen molar-refractivity contribution in [3.8, 4) is 17.0 Å². The van der Waals surface area contributed by atoms with Crippen LogP contribution in [0.15, 0.2) is 59.4 Å². The van der Waals surface area contributed by atoms with E-state index in [1.54, 1.807) is 6.92 Å². The maximum atomic E-state index is 12.3. The third kappa shape index (κ3) is 3.66. The molecule has 0 fully saturated rings. The molecule has 31 heavy (non-hydrogen) atoms. The first-order valence-corrected chi connectivity index (χ1v) is 9.99. The third-order valence-corrected chi connectivity index (χ3v) is 5.54. The predicted molar refractivity (Wildman–Crippen MR) is 121 cm³/mol. The Bertz CT molecular complexity index is 1340. The Hall–Kier alpha value is -4.00. The zero-order valence-electron chi connectivity index (χ0n) is 17.3. The van der Waals surface area contributed by atoms with Gasteiger partial charge in [0.25, 0.3) is 5.56 Å². The van der Waals surface area contributed by atoms with Gasteiger partial charge in [0.15, 0.2) is 5.56 Å². The highest BCUT2D eigenvalue weighted by Gasteiger charge is 2.22. The molecule has 4 aromatic rings. The molecular formula is C24H23N3O4. The maximum Gasteiger partial charge on any atom is 0.345 e. The van der Waals surface area contributed by atoms with Gasteiger partial charge in [0.2, 0.25) is 0 Å². The molecule has 158 valence electrons. The number of hydrogen-bond acceptors (Lipinski definition) is 4. The van der Waals surface area contributed by atoms with Crippen LogP contribution in [0.3, 0.4) is 0 Å². The van der Waals surface area contributed by atoms with Gasteiger partial charge in [-0.05, 0) is 42.3 Å². The summed E-state index contributed by atoms with van der Waals surface area (Å²) in [6.07, 6.45) is 0.372. The highest BCUT2D eigenvalue weighted by Crippen LogP contribution is 2.32. The van der Waals surface area contributed by atoms with Crippen LogP contribution in [0.2, 0.25) is 0 Å². The fourth-order valence-corrected chi connectivity index (χ4v) is 3.90. The van der Waals surface area contributed by atoms with Crippen molar-refractivity contribution in [2.45, 2.75) is 19.9 Å². The lowest BCUT2D eigenvalue weighted by Gasteiger charge is -2.12. The van der Waals surface area contributed by atoms with Crippen molar-refractivity contribution in [3.63, 3.8) is 0 Å². The van der Waals surface area contributed by atoms with Crippen LogP contribution in [0.1, 0.15) is 28.5 Å². The van der Waals surface area contributed by atoms with E-state index in [4.69, 9.17) is 0 Å². The molecule has 4 rings (SSSR count). The Kier molecular flexibility index (Phi) is 5.25. The number of nitrogens with zero attached hydrogens (tertiary/aromatic N) is 1. The Morgan fingerprint density at radius 3 is 2.55 bits per heavy atom. The number of benzene rings is 2. The number of carboxylic acid groups (broad SMARTS) is 1. The number of aryl methyl sites for hydroxylation is 1. The Labute approximate surface area is 178 Å². The van der Waals surface area contributed by atoms with Gasteiger partial charge in [0, 0.05) is 34.9 Å². The van der Waals surface area contributed by atoms with Crippen molar-refractivity contribution in [2.75, 3.05) is 5.32 Å². The molecule has 0 unspecified atom stereocenters. The van der Waals surface area contributed by atoms with Crippen LogP contribution >= 0.6 is 0 Å².